The van der Waals surface area contributed by atoms with Crippen molar-refractivity contribution >= 4 is 0 Å². The van der Waals surface area contributed by atoms with E-state index in [1.165, 1.54) is 0 Å². The molecule has 1 rings (SSSR count). The van der Waals surface area contributed by atoms with Crippen molar-refractivity contribution in [2.24, 2.45) is 5.73 Å². The van der Waals surface area contributed by atoms with E-state index in [0.717, 1.165) is 0 Å². The zero-order valence-electron chi connectivity index (χ0n) is 4.23. The van der Waals surface area contributed by atoms with Crippen molar-refractivity contribution in [3.8, 4) is 0 Å². The normalized spacial score (nSPS) is 35.6. The molecular formula is C4H7F2NO. The predicted octanol–water partition coefficient (Wildman–Crippen LogP) is 0.327. The van der Waals surface area contributed by atoms with E-state index in [2.05, 4.69) is 4.74 Å². The molecule has 0 aliphatic carbocycles. The SMILES string of the molecule is NC1COC(F)(F)C1. The molecule has 2 N–H and O–H groups in total. The Morgan fingerprint density at radius 3 is 2.38 bits per heavy atom. The van der Waals surface area contributed by atoms with Crippen LogP contribution in [-0.2, 0) is 4.74 Å². The highest BCUT2D eigenvalue weighted by molar-refractivity contribution is 4.73. The minimum Gasteiger partial charge on any atom is -0.325 e. The van der Waals surface area contributed by atoms with Crippen LogP contribution in [0.2, 0.25) is 0 Å². The highest BCUT2D eigenvalue weighted by atomic mass is 19.3. The van der Waals surface area contributed by atoms with Crippen molar-refractivity contribution in [1.82, 2.24) is 0 Å². The number of alkyl halides is 2. The lowest BCUT2D eigenvalue weighted by molar-refractivity contribution is -0.205. The molecular weight excluding hydrogens is 116 g/mol. The summed E-state index contributed by atoms with van der Waals surface area (Å²) >= 11 is 0. The first-order chi connectivity index (χ1) is 3.60. The van der Waals surface area contributed by atoms with Gasteiger partial charge in [-0.05, 0) is 0 Å². The second-order valence-corrected chi connectivity index (χ2v) is 1.91. The number of rotatable bonds is 0. The summed E-state index contributed by atoms with van der Waals surface area (Å²) in [6, 6.07) is -0.481. The van der Waals surface area contributed by atoms with Crippen molar-refractivity contribution in [2.45, 2.75) is 18.6 Å². The molecule has 4 heteroatoms. The molecule has 0 bridgehead atoms. The third kappa shape index (κ3) is 1.14. The molecule has 0 amide bonds. The predicted molar refractivity (Wildman–Crippen MR) is 23.5 cm³/mol. The summed E-state index contributed by atoms with van der Waals surface area (Å²) in [6.07, 6.45) is -3.30. The maximum Gasteiger partial charge on any atom is 0.357 e. The number of hydrogen-bond acceptors (Lipinski definition) is 2. The Kier molecular flexibility index (Phi) is 1.21. The molecule has 0 aromatic carbocycles. The molecule has 0 spiro atoms. The van der Waals surface area contributed by atoms with Crippen LogP contribution in [0.3, 0.4) is 0 Å². The van der Waals surface area contributed by atoms with E-state index in [9.17, 15) is 8.78 Å². The van der Waals surface area contributed by atoms with Crippen LogP contribution < -0.4 is 5.73 Å². The Morgan fingerprint density at radius 1 is 1.62 bits per heavy atom. The molecule has 8 heavy (non-hydrogen) atoms. The average Bonchev–Trinajstić information content (AvgIpc) is 1.82. The second-order valence-electron chi connectivity index (χ2n) is 1.91. The first kappa shape index (κ1) is 5.91. The molecule has 1 saturated heterocycles. The van der Waals surface area contributed by atoms with Gasteiger partial charge in [0.15, 0.2) is 0 Å². The summed E-state index contributed by atoms with van der Waals surface area (Å²) in [5.74, 6) is 0. The molecule has 0 aromatic heterocycles. The van der Waals surface area contributed by atoms with Crippen LogP contribution in [-0.4, -0.2) is 18.8 Å². The van der Waals surface area contributed by atoms with Gasteiger partial charge in [-0.25, -0.2) is 0 Å². The standard InChI is InChI=1S/C4H7F2NO/c5-4(6)1-3(7)2-8-4/h3H,1-2,7H2. The van der Waals surface area contributed by atoms with Gasteiger partial charge >= 0.3 is 6.11 Å². The maximum absolute atomic E-state index is 11.9. The van der Waals surface area contributed by atoms with Gasteiger partial charge in [-0.1, -0.05) is 0 Å². The largest absolute Gasteiger partial charge is 0.357 e. The van der Waals surface area contributed by atoms with Crippen LogP contribution >= 0.6 is 0 Å². The van der Waals surface area contributed by atoms with E-state index >= 15 is 0 Å². The summed E-state index contributed by atoms with van der Waals surface area (Å²) in [7, 11) is 0. The smallest absolute Gasteiger partial charge is 0.325 e. The second kappa shape index (κ2) is 1.63. The first-order valence-corrected chi connectivity index (χ1v) is 2.37. The molecule has 1 unspecified atom stereocenters. The van der Waals surface area contributed by atoms with Crippen LogP contribution in [0.15, 0.2) is 0 Å². The van der Waals surface area contributed by atoms with Crippen molar-refractivity contribution in [3.63, 3.8) is 0 Å². The first-order valence-electron chi connectivity index (χ1n) is 2.37. The molecule has 1 heterocycles. The van der Waals surface area contributed by atoms with E-state index < -0.39 is 12.2 Å². The van der Waals surface area contributed by atoms with Crippen molar-refractivity contribution in [2.75, 3.05) is 6.61 Å². The van der Waals surface area contributed by atoms with Crippen LogP contribution in [0.1, 0.15) is 6.42 Å². The molecule has 1 aliphatic heterocycles. The van der Waals surface area contributed by atoms with Gasteiger partial charge < -0.3 is 10.5 Å². The summed E-state index contributed by atoms with van der Waals surface area (Å²) in [5, 5.41) is 0. The lowest BCUT2D eigenvalue weighted by Crippen LogP contribution is -2.20. The van der Waals surface area contributed by atoms with Crippen LogP contribution in [0, 0.1) is 0 Å². The van der Waals surface area contributed by atoms with Gasteiger partial charge in [0.25, 0.3) is 0 Å². The monoisotopic (exact) mass is 123 g/mol. The average molecular weight is 123 g/mol. The van der Waals surface area contributed by atoms with Gasteiger partial charge in [-0.15, -0.1) is 0 Å². The quantitative estimate of drug-likeness (QED) is 0.503. The lowest BCUT2D eigenvalue weighted by Gasteiger charge is -2.03. The summed E-state index contributed by atoms with van der Waals surface area (Å²) in [5.41, 5.74) is 5.11. The zero-order valence-corrected chi connectivity index (χ0v) is 4.23. The van der Waals surface area contributed by atoms with Crippen molar-refractivity contribution in [1.29, 1.82) is 0 Å². The van der Waals surface area contributed by atoms with Crippen molar-refractivity contribution < 1.29 is 13.5 Å². The van der Waals surface area contributed by atoms with E-state index in [-0.39, 0.29) is 13.0 Å². The van der Waals surface area contributed by atoms with Gasteiger partial charge in [0.05, 0.1) is 13.0 Å². The third-order valence-corrected chi connectivity index (χ3v) is 1.01. The Hall–Kier alpha value is -0.220. The minimum absolute atomic E-state index is 0.0208. The zero-order chi connectivity index (χ0) is 6.20. The third-order valence-electron chi connectivity index (χ3n) is 1.01. The number of hydrogen-bond donors (Lipinski definition) is 1. The fourth-order valence-corrected chi connectivity index (χ4v) is 0.652. The van der Waals surface area contributed by atoms with Crippen LogP contribution in [0.4, 0.5) is 8.78 Å². The van der Waals surface area contributed by atoms with Gasteiger partial charge in [-0.2, -0.15) is 8.78 Å². The summed E-state index contributed by atoms with van der Waals surface area (Å²) in [4.78, 5) is 0. The Morgan fingerprint density at radius 2 is 2.25 bits per heavy atom. The highest BCUT2D eigenvalue weighted by Crippen LogP contribution is 2.27. The van der Waals surface area contributed by atoms with Gasteiger partial charge in [-0.3, -0.25) is 0 Å². The topological polar surface area (TPSA) is 35.2 Å². The number of halogens is 2. The van der Waals surface area contributed by atoms with E-state index in [4.69, 9.17) is 5.73 Å². The van der Waals surface area contributed by atoms with Gasteiger partial charge in [0.1, 0.15) is 0 Å². The van der Waals surface area contributed by atoms with Gasteiger partial charge in [0.2, 0.25) is 0 Å². The van der Waals surface area contributed by atoms with Gasteiger partial charge in [0, 0.05) is 6.04 Å². The Bertz CT molecular complexity index is 96.0. The molecule has 1 atom stereocenters. The summed E-state index contributed by atoms with van der Waals surface area (Å²) in [6.45, 7) is -0.0208. The van der Waals surface area contributed by atoms with Crippen molar-refractivity contribution in [3.05, 3.63) is 0 Å². The summed E-state index contributed by atoms with van der Waals surface area (Å²) < 4.78 is 27.8. The van der Waals surface area contributed by atoms with Crippen LogP contribution in [0.25, 0.3) is 0 Å². The molecule has 48 valence electrons. The molecule has 0 saturated carbocycles. The molecule has 0 radical (unpaired) electrons. The Labute approximate surface area is 45.6 Å². The minimum atomic E-state index is -2.96. The number of ether oxygens (including phenoxy) is 1. The van der Waals surface area contributed by atoms with E-state index in [0.29, 0.717) is 0 Å². The molecule has 2 nitrogen and oxygen atoms in total. The van der Waals surface area contributed by atoms with E-state index in [1.807, 2.05) is 0 Å². The molecule has 1 fully saturated rings. The Balaban J connectivity index is 2.44. The molecule has 0 aromatic rings. The highest BCUT2D eigenvalue weighted by Gasteiger charge is 2.39. The maximum atomic E-state index is 11.9. The molecule has 1 aliphatic rings. The number of nitrogens with two attached hydrogens (primary N) is 1. The van der Waals surface area contributed by atoms with E-state index in [1.54, 1.807) is 0 Å². The fraction of sp³-hybridized carbons (Fsp3) is 1.00. The lowest BCUT2D eigenvalue weighted by atomic mass is 10.3. The van der Waals surface area contributed by atoms with Crippen LogP contribution in [0.5, 0.6) is 0 Å². The fourth-order valence-electron chi connectivity index (χ4n) is 0.652.